The molecular formula is C24H26N4O. The lowest BCUT2D eigenvalue weighted by Crippen LogP contribution is -2.47. The van der Waals surface area contributed by atoms with E-state index >= 15 is 0 Å². The summed E-state index contributed by atoms with van der Waals surface area (Å²) in [6, 6.07) is 19.7. The predicted molar refractivity (Wildman–Crippen MR) is 118 cm³/mol. The van der Waals surface area contributed by atoms with E-state index in [0.29, 0.717) is 5.69 Å². The van der Waals surface area contributed by atoms with Gasteiger partial charge < -0.3 is 10.2 Å². The number of para-hydroxylation sites is 1. The van der Waals surface area contributed by atoms with E-state index in [1.165, 1.54) is 25.1 Å². The number of hydrogen-bond donors (Lipinski definition) is 1. The smallest absolute Gasteiger partial charge is 0.274 e. The molecule has 0 spiro atoms. The van der Waals surface area contributed by atoms with E-state index in [0.717, 1.165) is 48.7 Å². The van der Waals surface area contributed by atoms with Crippen LogP contribution in [0.2, 0.25) is 0 Å². The number of anilines is 2. The summed E-state index contributed by atoms with van der Waals surface area (Å²) in [5.74, 6) is 0.769. The SMILES string of the molecule is O=C(Nc1cccc(N2CCN(CC3CC3)CC2)c1)c1ccc2ccccc2n1. The van der Waals surface area contributed by atoms with E-state index in [2.05, 4.69) is 32.2 Å². The van der Waals surface area contributed by atoms with Crippen molar-refractivity contribution in [1.82, 2.24) is 9.88 Å². The topological polar surface area (TPSA) is 48.5 Å². The Labute approximate surface area is 171 Å². The Bertz CT molecular complexity index is 1020. The normalized spacial score (nSPS) is 17.4. The lowest BCUT2D eigenvalue weighted by molar-refractivity contribution is 0.102. The first-order valence-electron chi connectivity index (χ1n) is 10.5. The predicted octanol–water partition coefficient (Wildman–Crippen LogP) is 4.02. The minimum atomic E-state index is -0.179. The number of nitrogens with one attached hydrogen (secondary N) is 1. The van der Waals surface area contributed by atoms with Crippen LogP contribution in [0.5, 0.6) is 0 Å². The average molecular weight is 386 g/mol. The van der Waals surface area contributed by atoms with E-state index in [9.17, 15) is 4.79 Å². The number of pyridine rings is 1. The summed E-state index contributed by atoms with van der Waals surface area (Å²) in [5.41, 5.74) is 3.24. The van der Waals surface area contributed by atoms with Gasteiger partial charge in [0.25, 0.3) is 5.91 Å². The van der Waals surface area contributed by atoms with Gasteiger partial charge in [0, 0.05) is 49.5 Å². The van der Waals surface area contributed by atoms with Gasteiger partial charge in [0.2, 0.25) is 0 Å². The summed E-state index contributed by atoms with van der Waals surface area (Å²) in [7, 11) is 0. The fraction of sp³-hybridized carbons (Fsp3) is 0.333. The maximum absolute atomic E-state index is 12.7. The molecular weight excluding hydrogens is 360 g/mol. The van der Waals surface area contributed by atoms with Crippen LogP contribution in [-0.4, -0.2) is 48.5 Å². The molecule has 1 saturated heterocycles. The molecule has 2 aromatic carbocycles. The highest BCUT2D eigenvalue weighted by molar-refractivity contribution is 6.04. The monoisotopic (exact) mass is 386 g/mol. The molecule has 1 saturated carbocycles. The van der Waals surface area contributed by atoms with Gasteiger partial charge in [-0.2, -0.15) is 0 Å². The zero-order valence-corrected chi connectivity index (χ0v) is 16.6. The molecule has 0 unspecified atom stereocenters. The van der Waals surface area contributed by atoms with Gasteiger partial charge in [-0.3, -0.25) is 9.69 Å². The molecule has 1 aromatic heterocycles. The van der Waals surface area contributed by atoms with Crippen LogP contribution in [0.1, 0.15) is 23.3 Å². The maximum atomic E-state index is 12.7. The van der Waals surface area contributed by atoms with Crippen molar-refractivity contribution in [2.24, 2.45) is 5.92 Å². The van der Waals surface area contributed by atoms with Crippen molar-refractivity contribution in [3.8, 4) is 0 Å². The summed E-state index contributed by atoms with van der Waals surface area (Å²) in [6.07, 6.45) is 2.82. The standard InChI is InChI=1S/C24H26N4O/c29-24(23-11-10-19-4-1-2-7-22(19)26-23)25-20-5-3-6-21(16-20)28-14-12-27(13-15-28)17-18-8-9-18/h1-7,10-11,16,18H,8-9,12-15,17H2,(H,25,29). The van der Waals surface area contributed by atoms with Gasteiger partial charge in [0.15, 0.2) is 0 Å². The lowest BCUT2D eigenvalue weighted by atomic mass is 10.2. The van der Waals surface area contributed by atoms with Crippen LogP contribution < -0.4 is 10.2 Å². The maximum Gasteiger partial charge on any atom is 0.274 e. The molecule has 2 fully saturated rings. The number of piperazine rings is 1. The highest BCUT2D eigenvalue weighted by atomic mass is 16.1. The van der Waals surface area contributed by atoms with Gasteiger partial charge in [-0.05, 0) is 49.1 Å². The minimum Gasteiger partial charge on any atom is -0.369 e. The Balaban J connectivity index is 1.25. The summed E-state index contributed by atoms with van der Waals surface area (Å²) < 4.78 is 0. The first kappa shape index (κ1) is 18.1. The fourth-order valence-corrected chi connectivity index (χ4v) is 4.02. The molecule has 1 amide bonds. The van der Waals surface area contributed by atoms with Gasteiger partial charge >= 0.3 is 0 Å². The molecule has 29 heavy (non-hydrogen) atoms. The summed E-state index contributed by atoms with van der Waals surface area (Å²) in [4.78, 5) is 22.2. The fourth-order valence-electron chi connectivity index (χ4n) is 4.02. The van der Waals surface area contributed by atoms with Crippen molar-refractivity contribution in [2.45, 2.75) is 12.8 Å². The number of aromatic nitrogens is 1. The highest BCUT2D eigenvalue weighted by Gasteiger charge is 2.26. The molecule has 2 heterocycles. The Kier molecular flexibility index (Phi) is 4.90. The van der Waals surface area contributed by atoms with E-state index < -0.39 is 0 Å². The average Bonchev–Trinajstić information content (AvgIpc) is 3.58. The molecule has 5 rings (SSSR count). The van der Waals surface area contributed by atoms with Crippen molar-refractivity contribution in [3.05, 3.63) is 66.4 Å². The van der Waals surface area contributed by atoms with Gasteiger partial charge in [0.05, 0.1) is 5.52 Å². The Morgan fingerprint density at radius 1 is 0.966 bits per heavy atom. The first-order valence-corrected chi connectivity index (χ1v) is 10.5. The van der Waals surface area contributed by atoms with Crippen molar-refractivity contribution in [3.63, 3.8) is 0 Å². The van der Waals surface area contributed by atoms with Crippen LogP contribution in [0.4, 0.5) is 11.4 Å². The van der Waals surface area contributed by atoms with Crippen LogP contribution >= 0.6 is 0 Å². The molecule has 0 bridgehead atoms. The van der Waals surface area contributed by atoms with Crippen LogP contribution in [0, 0.1) is 5.92 Å². The molecule has 0 radical (unpaired) electrons. The van der Waals surface area contributed by atoms with Gasteiger partial charge in [-0.1, -0.05) is 30.3 Å². The van der Waals surface area contributed by atoms with Crippen LogP contribution in [-0.2, 0) is 0 Å². The van der Waals surface area contributed by atoms with Gasteiger partial charge in [0.1, 0.15) is 5.69 Å². The molecule has 1 N–H and O–H groups in total. The molecule has 3 aromatic rings. The number of carbonyl (C=O) groups is 1. The quantitative estimate of drug-likeness (QED) is 0.720. The van der Waals surface area contributed by atoms with E-state index in [-0.39, 0.29) is 5.91 Å². The zero-order chi connectivity index (χ0) is 19.6. The van der Waals surface area contributed by atoms with Crippen LogP contribution in [0.15, 0.2) is 60.7 Å². The molecule has 5 nitrogen and oxygen atoms in total. The molecule has 1 aliphatic heterocycles. The minimum absolute atomic E-state index is 0.179. The third-order valence-corrected chi connectivity index (χ3v) is 5.89. The second-order valence-electron chi connectivity index (χ2n) is 8.12. The van der Waals surface area contributed by atoms with Crippen molar-refractivity contribution in [2.75, 3.05) is 42.9 Å². The third-order valence-electron chi connectivity index (χ3n) is 5.89. The molecule has 5 heteroatoms. The van der Waals surface area contributed by atoms with Crippen LogP contribution in [0.3, 0.4) is 0 Å². The van der Waals surface area contributed by atoms with Crippen molar-refractivity contribution in [1.29, 1.82) is 0 Å². The van der Waals surface area contributed by atoms with Gasteiger partial charge in [-0.25, -0.2) is 4.98 Å². The Morgan fingerprint density at radius 2 is 1.79 bits per heavy atom. The van der Waals surface area contributed by atoms with Gasteiger partial charge in [-0.15, -0.1) is 0 Å². The molecule has 148 valence electrons. The van der Waals surface area contributed by atoms with Crippen molar-refractivity contribution >= 4 is 28.2 Å². The number of benzene rings is 2. The summed E-state index contributed by atoms with van der Waals surface area (Å²) >= 11 is 0. The zero-order valence-electron chi connectivity index (χ0n) is 16.6. The molecule has 1 aliphatic carbocycles. The van der Waals surface area contributed by atoms with Crippen molar-refractivity contribution < 1.29 is 4.79 Å². The lowest BCUT2D eigenvalue weighted by Gasteiger charge is -2.36. The third kappa shape index (κ3) is 4.25. The Morgan fingerprint density at radius 3 is 2.62 bits per heavy atom. The van der Waals surface area contributed by atoms with Crippen LogP contribution in [0.25, 0.3) is 10.9 Å². The number of hydrogen-bond acceptors (Lipinski definition) is 4. The number of nitrogens with zero attached hydrogens (tertiary/aromatic N) is 3. The van der Waals surface area contributed by atoms with E-state index in [4.69, 9.17) is 0 Å². The number of rotatable bonds is 5. The summed E-state index contributed by atoms with van der Waals surface area (Å²) in [5, 5.41) is 4.04. The number of fused-ring (bicyclic) bond motifs is 1. The number of amides is 1. The molecule has 0 atom stereocenters. The first-order chi connectivity index (χ1) is 14.2. The summed E-state index contributed by atoms with van der Waals surface area (Å²) in [6.45, 7) is 5.58. The van der Waals surface area contributed by atoms with E-state index in [1.807, 2.05) is 42.5 Å². The number of carbonyl (C=O) groups excluding carboxylic acids is 1. The Hall–Kier alpha value is -2.92. The highest BCUT2D eigenvalue weighted by Crippen LogP contribution is 2.30. The molecule has 2 aliphatic rings. The van der Waals surface area contributed by atoms with E-state index in [1.54, 1.807) is 6.07 Å². The largest absolute Gasteiger partial charge is 0.369 e. The second-order valence-corrected chi connectivity index (χ2v) is 8.12. The second kappa shape index (κ2) is 7.84.